The summed E-state index contributed by atoms with van der Waals surface area (Å²) in [5.41, 5.74) is 3.07. The second kappa shape index (κ2) is 6.64. The van der Waals surface area contributed by atoms with E-state index in [1.165, 1.54) is 10.0 Å². The highest BCUT2D eigenvalue weighted by Gasteiger charge is 2.36. The van der Waals surface area contributed by atoms with Crippen molar-refractivity contribution in [3.05, 3.63) is 72.3 Å². The van der Waals surface area contributed by atoms with Gasteiger partial charge in [-0.25, -0.2) is 0 Å². The van der Waals surface area contributed by atoms with Crippen molar-refractivity contribution in [2.75, 3.05) is 10.0 Å². The molecule has 27 heavy (non-hydrogen) atoms. The van der Waals surface area contributed by atoms with Crippen LogP contribution in [0, 0.1) is 5.92 Å². The Morgan fingerprint density at radius 3 is 1.96 bits per heavy atom. The van der Waals surface area contributed by atoms with E-state index in [1.807, 2.05) is 60.7 Å². The zero-order valence-electron chi connectivity index (χ0n) is 15.0. The molecule has 0 saturated heterocycles. The lowest BCUT2D eigenvalue weighted by Crippen LogP contribution is -2.27. The fraction of sp³-hybridized carbons (Fsp3) is 0.143. The minimum absolute atomic E-state index is 0.176. The molecule has 0 aliphatic carbocycles. The smallest absolute Gasteiger partial charge is 0.271 e. The maximum absolute atomic E-state index is 12.9. The second-order valence-electron chi connectivity index (χ2n) is 6.42. The summed E-state index contributed by atoms with van der Waals surface area (Å²) in [6.07, 6.45) is 1.67. The molecular formula is C21H18N4O2. The fourth-order valence-electron chi connectivity index (χ4n) is 3.15. The number of para-hydroxylation sites is 2. The molecule has 1 atom stereocenters. The highest BCUT2D eigenvalue weighted by molar-refractivity contribution is 6.30. The van der Waals surface area contributed by atoms with E-state index in [-0.39, 0.29) is 11.8 Å². The number of benzene rings is 2. The Morgan fingerprint density at radius 1 is 0.815 bits per heavy atom. The zero-order valence-corrected chi connectivity index (χ0v) is 15.0. The van der Waals surface area contributed by atoms with Gasteiger partial charge in [0.1, 0.15) is 0 Å². The number of amides is 2. The maximum atomic E-state index is 12.9. The molecule has 4 rings (SSSR count). The topological polar surface area (TPSA) is 65.3 Å². The third-order valence-corrected chi connectivity index (χ3v) is 4.58. The molecule has 0 aromatic heterocycles. The van der Waals surface area contributed by atoms with Crippen LogP contribution in [-0.4, -0.2) is 23.2 Å². The Hall–Kier alpha value is -3.54. The van der Waals surface area contributed by atoms with Gasteiger partial charge in [-0.15, -0.1) is 0 Å². The molecule has 6 heteroatoms. The summed E-state index contributed by atoms with van der Waals surface area (Å²) in [4.78, 5) is 25.7. The van der Waals surface area contributed by atoms with Crippen molar-refractivity contribution in [3.8, 4) is 0 Å². The van der Waals surface area contributed by atoms with Gasteiger partial charge in [0.05, 0.1) is 34.3 Å². The van der Waals surface area contributed by atoms with Gasteiger partial charge in [0.15, 0.2) is 0 Å². The maximum Gasteiger partial charge on any atom is 0.280 e. The fourth-order valence-corrected chi connectivity index (χ4v) is 3.15. The number of carbonyl (C=O) groups is 2. The number of rotatable bonds is 3. The predicted octanol–water partition coefficient (Wildman–Crippen LogP) is 3.37. The number of anilines is 2. The summed E-state index contributed by atoms with van der Waals surface area (Å²) >= 11 is 0. The zero-order chi connectivity index (χ0) is 19.0. The van der Waals surface area contributed by atoms with E-state index < -0.39 is 5.92 Å². The monoisotopic (exact) mass is 358 g/mol. The van der Waals surface area contributed by atoms with Gasteiger partial charge >= 0.3 is 0 Å². The first-order valence-electron chi connectivity index (χ1n) is 8.67. The van der Waals surface area contributed by atoms with Gasteiger partial charge in [-0.05, 0) is 38.1 Å². The van der Waals surface area contributed by atoms with E-state index in [0.29, 0.717) is 28.4 Å². The average molecular weight is 358 g/mol. The van der Waals surface area contributed by atoms with Crippen LogP contribution in [0.4, 0.5) is 11.4 Å². The summed E-state index contributed by atoms with van der Waals surface area (Å²) in [7, 11) is 0. The molecule has 2 heterocycles. The predicted molar refractivity (Wildman–Crippen MR) is 106 cm³/mol. The van der Waals surface area contributed by atoms with Crippen LogP contribution in [0.25, 0.3) is 0 Å². The van der Waals surface area contributed by atoms with Gasteiger partial charge in [-0.3, -0.25) is 9.59 Å². The van der Waals surface area contributed by atoms with Crippen LogP contribution in [-0.2, 0) is 9.59 Å². The van der Waals surface area contributed by atoms with Crippen molar-refractivity contribution in [2.24, 2.45) is 16.1 Å². The van der Waals surface area contributed by atoms with Crippen LogP contribution < -0.4 is 10.0 Å². The summed E-state index contributed by atoms with van der Waals surface area (Å²) in [5, 5.41) is 11.5. The van der Waals surface area contributed by atoms with Crippen molar-refractivity contribution >= 4 is 34.6 Å². The number of hydrazone groups is 2. The van der Waals surface area contributed by atoms with Crippen LogP contribution >= 0.6 is 0 Å². The van der Waals surface area contributed by atoms with E-state index in [9.17, 15) is 9.59 Å². The molecule has 0 fully saturated rings. The Kier molecular flexibility index (Phi) is 4.16. The lowest BCUT2D eigenvalue weighted by Gasteiger charge is -2.13. The molecule has 6 nitrogen and oxygen atoms in total. The minimum Gasteiger partial charge on any atom is -0.271 e. The summed E-state index contributed by atoms with van der Waals surface area (Å²) in [5.74, 6) is -0.993. The second-order valence-corrected chi connectivity index (χ2v) is 6.42. The summed E-state index contributed by atoms with van der Waals surface area (Å²) < 4.78 is 0. The molecule has 2 aliphatic heterocycles. The first-order chi connectivity index (χ1) is 13.1. The number of nitrogens with zero attached hydrogens (tertiary/aromatic N) is 4. The first kappa shape index (κ1) is 16.9. The number of hydrogen-bond donors (Lipinski definition) is 0. The van der Waals surface area contributed by atoms with Crippen molar-refractivity contribution in [1.82, 2.24) is 0 Å². The molecule has 0 bridgehead atoms. The van der Waals surface area contributed by atoms with Gasteiger partial charge in [0, 0.05) is 0 Å². The van der Waals surface area contributed by atoms with Crippen LogP contribution in [0.15, 0.2) is 82.5 Å². The Bertz CT molecular complexity index is 993. The van der Waals surface area contributed by atoms with E-state index in [0.717, 1.165) is 0 Å². The largest absolute Gasteiger partial charge is 0.280 e. The lowest BCUT2D eigenvalue weighted by molar-refractivity contribution is -0.118. The molecule has 0 radical (unpaired) electrons. The summed E-state index contributed by atoms with van der Waals surface area (Å²) in [6, 6.07) is 18.5. The Morgan fingerprint density at radius 2 is 1.37 bits per heavy atom. The summed E-state index contributed by atoms with van der Waals surface area (Å²) in [6.45, 7) is 3.57. The van der Waals surface area contributed by atoms with Crippen LogP contribution in [0.2, 0.25) is 0 Å². The molecule has 1 unspecified atom stereocenters. The van der Waals surface area contributed by atoms with Gasteiger partial charge in [-0.2, -0.15) is 20.2 Å². The SMILES string of the molecule is CC1=NN(c2ccccc2)C(=O)/C1=C\C1C(=O)N(c2ccccc2)N=C1C. The van der Waals surface area contributed by atoms with Crippen LogP contribution in [0.1, 0.15) is 13.8 Å². The van der Waals surface area contributed by atoms with Gasteiger partial charge in [-0.1, -0.05) is 42.5 Å². The van der Waals surface area contributed by atoms with Gasteiger partial charge in [0.2, 0.25) is 0 Å². The van der Waals surface area contributed by atoms with E-state index in [2.05, 4.69) is 10.2 Å². The normalized spacial score (nSPS) is 21.1. The van der Waals surface area contributed by atoms with E-state index in [4.69, 9.17) is 0 Å². The molecule has 2 aromatic carbocycles. The van der Waals surface area contributed by atoms with Gasteiger partial charge in [0.25, 0.3) is 11.8 Å². The molecule has 0 spiro atoms. The molecule has 2 aromatic rings. The molecule has 0 saturated carbocycles. The van der Waals surface area contributed by atoms with Crippen molar-refractivity contribution in [2.45, 2.75) is 13.8 Å². The van der Waals surface area contributed by atoms with Crippen molar-refractivity contribution in [3.63, 3.8) is 0 Å². The van der Waals surface area contributed by atoms with E-state index >= 15 is 0 Å². The van der Waals surface area contributed by atoms with E-state index in [1.54, 1.807) is 19.9 Å². The first-order valence-corrected chi connectivity index (χ1v) is 8.67. The Labute approximate surface area is 157 Å². The third kappa shape index (κ3) is 2.95. The standard InChI is InChI=1S/C21H18N4O2/c1-14-18(20(26)24(22-14)16-9-5-3-6-10-16)13-19-15(2)23-25(21(19)27)17-11-7-4-8-12-17/h3-13,18H,1-2H3/b19-13-. The Balaban J connectivity index is 1.63. The average Bonchev–Trinajstić information content (AvgIpc) is 3.14. The van der Waals surface area contributed by atoms with Crippen molar-refractivity contribution in [1.29, 1.82) is 0 Å². The van der Waals surface area contributed by atoms with Crippen LogP contribution in [0.5, 0.6) is 0 Å². The highest BCUT2D eigenvalue weighted by atomic mass is 16.2. The minimum atomic E-state index is -0.579. The molecule has 2 aliphatic rings. The highest BCUT2D eigenvalue weighted by Crippen LogP contribution is 2.28. The molecule has 2 amide bonds. The van der Waals surface area contributed by atoms with Gasteiger partial charge < -0.3 is 0 Å². The molecule has 0 N–H and O–H groups in total. The molecular weight excluding hydrogens is 340 g/mol. The number of hydrogen-bond acceptors (Lipinski definition) is 4. The van der Waals surface area contributed by atoms with Crippen molar-refractivity contribution < 1.29 is 9.59 Å². The third-order valence-electron chi connectivity index (χ3n) is 4.58. The number of carbonyl (C=O) groups excluding carboxylic acids is 2. The lowest BCUT2D eigenvalue weighted by atomic mass is 9.98. The van der Waals surface area contributed by atoms with Crippen LogP contribution in [0.3, 0.4) is 0 Å². The quantitative estimate of drug-likeness (QED) is 0.790. The molecule has 134 valence electrons.